The number of rotatable bonds is 4. The van der Waals surface area contributed by atoms with Crippen LogP contribution >= 0.6 is 0 Å². The molecule has 32 heavy (non-hydrogen) atoms. The van der Waals surface area contributed by atoms with Crippen LogP contribution in [0.25, 0.3) is 0 Å². The van der Waals surface area contributed by atoms with Crippen molar-refractivity contribution in [3.63, 3.8) is 0 Å². The van der Waals surface area contributed by atoms with Crippen molar-refractivity contribution < 1.29 is 64.4 Å². The molecule has 1 amide bonds. The number of hydrogen-bond acceptors (Lipinski definition) is 7. The topological polar surface area (TPSA) is 134 Å². The standard InChI is InChI=1S/C14H12F9N3O6/c15-12(16,17)9(30)25-11(13(18,19)20,14(21,22)23)4-1-24-10(31)26(2-4)8-7(29)6(28)5(3-27)32-8/h1-2,5-8,27-29H,3H2,(H,25,30)/t5-,6-,7-,8-/m1/s1. The van der Waals surface area contributed by atoms with E-state index in [1.807, 2.05) is 0 Å². The highest BCUT2D eigenvalue weighted by Crippen LogP contribution is 2.50. The normalized spacial score (nSPS) is 25.1. The average Bonchev–Trinajstić information content (AvgIpc) is 2.91. The summed E-state index contributed by atoms with van der Waals surface area (Å²) in [5.74, 6) is -3.60. The van der Waals surface area contributed by atoms with Gasteiger partial charge in [0.15, 0.2) is 6.23 Å². The molecule has 1 aliphatic rings. The molecule has 1 aromatic heterocycles. The van der Waals surface area contributed by atoms with Crippen LogP contribution in [-0.2, 0) is 15.1 Å². The fourth-order valence-corrected chi connectivity index (χ4v) is 2.86. The fraction of sp³-hybridized carbons (Fsp3) is 0.643. The largest absolute Gasteiger partial charge is 0.471 e. The number of carbonyl (C=O) groups excluding carboxylic acids is 1. The number of aliphatic hydroxyl groups is 3. The Balaban J connectivity index is 2.75. The SMILES string of the molecule is O=C(NC(c1cnc(=O)n([C@@H]2O[C@H](CO)[C@@H](O)[C@H]2O)c1)(C(F)(F)F)C(F)(F)F)C(F)(F)F. The number of nitrogens with one attached hydrogen (secondary N) is 1. The molecule has 1 saturated heterocycles. The Morgan fingerprint density at radius 2 is 1.59 bits per heavy atom. The number of carbonyl (C=O) groups is 1. The number of hydrogen-bond donors (Lipinski definition) is 4. The lowest BCUT2D eigenvalue weighted by Gasteiger charge is -2.38. The summed E-state index contributed by atoms with van der Waals surface area (Å²) in [4.78, 5) is 25.7. The van der Waals surface area contributed by atoms with Crippen molar-refractivity contribution in [1.82, 2.24) is 14.9 Å². The lowest BCUT2D eigenvalue weighted by molar-refractivity contribution is -0.314. The number of alkyl halides is 9. The molecule has 1 aliphatic heterocycles. The van der Waals surface area contributed by atoms with Gasteiger partial charge in [-0.2, -0.15) is 39.5 Å². The number of aliphatic hydroxyl groups excluding tert-OH is 3. The molecule has 182 valence electrons. The number of halogens is 9. The van der Waals surface area contributed by atoms with Gasteiger partial charge in [-0.3, -0.25) is 9.36 Å². The quantitative estimate of drug-likeness (QED) is 0.433. The van der Waals surface area contributed by atoms with Crippen molar-refractivity contribution in [2.75, 3.05) is 6.61 Å². The van der Waals surface area contributed by atoms with Gasteiger partial charge in [-0.1, -0.05) is 0 Å². The third-order valence-electron chi connectivity index (χ3n) is 4.45. The van der Waals surface area contributed by atoms with Gasteiger partial charge in [-0.25, -0.2) is 9.78 Å². The molecule has 0 saturated carbocycles. The first kappa shape index (κ1) is 25.8. The van der Waals surface area contributed by atoms with Crippen LogP contribution in [0.3, 0.4) is 0 Å². The molecule has 4 atom stereocenters. The van der Waals surface area contributed by atoms with Crippen LogP contribution in [0.5, 0.6) is 0 Å². The van der Waals surface area contributed by atoms with Gasteiger partial charge in [0, 0.05) is 18.0 Å². The fourth-order valence-electron chi connectivity index (χ4n) is 2.86. The minimum absolute atomic E-state index is 0.118. The molecule has 2 heterocycles. The van der Waals surface area contributed by atoms with Crippen LogP contribution in [0.1, 0.15) is 11.8 Å². The summed E-state index contributed by atoms with van der Waals surface area (Å²) in [6.07, 6.45) is -28.0. The first-order chi connectivity index (χ1) is 14.4. The van der Waals surface area contributed by atoms with Crippen molar-refractivity contribution in [1.29, 1.82) is 0 Å². The van der Waals surface area contributed by atoms with Crippen molar-refractivity contribution in [2.45, 2.75) is 48.6 Å². The van der Waals surface area contributed by atoms with Crippen LogP contribution in [0, 0.1) is 0 Å². The maximum atomic E-state index is 13.6. The maximum absolute atomic E-state index is 13.6. The minimum Gasteiger partial charge on any atom is -0.394 e. The molecule has 9 nitrogen and oxygen atoms in total. The highest BCUT2D eigenvalue weighted by atomic mass is 19.4. The van der Waals surface area contributed by atoms with Gasteiger partial charge in [-0.05, 0) is 0 Å². The van der Waals surface area contributed by atoms with E-state index in [2.05, 4.69) is 4.98 Å². The van der Waals surface area contributed by atoms with Crippen molar-refractivity contribution in [3.8, 4) is 0 Å². The second-order valence-electron chi connectivity index (χ2n) is 6.46. The maximum Gasteiger partial charge on any atom is 0.471 e. The van der Waals surface area contributed by atoms with E-state index < -0.39 is 72.4 Å². The van der Waals surface area contributed by atoms with Crippen LogP contribution in [0.2, 0.25) is 0 Å². The molecule has 0 spiro atoms. The molecule has 0 aromatic carbocycles. The summed E-state index contributed by atoms with van der Waals surface area (Å²) < 4.78 is 124. The van der Waals surface area contributed by atoms with Crippen molar-refractivity contribution in [3.05, 3.63) is 28.4 Å². The van der Waals surface area contributed by atoms with Gasteiger partial charge in [0.05, 0.1) is 6.61 Å². The second-order valence-corrected chi connectivity index (χ2v) is 6.46. The third kappa shape index (κ3) is 4.26. The molecular formula is C14H12F9N3O6. The molecule has 0 aliphatic carbocycles. The van der Waals surface area contributed by atoms with E-state index in [4.69, 9.17) is 9.84 Å². The summed E-state index contributed by atoms with van der Waals surface area (Å²) in [6.45, 7) is -0.993. The molecular weight excluding hydrogens is 477 g/mol. The van der Waals surface area contributed by atoms with Crippen LogP contribution in [-0.4, -0.2) is 74.2 Å². The Morgan fingerprint density at radius 3 is 2.00 bits per heavy atom. The second kappa shape index (κ2) is 8.16. The number of ether oxygens (including phenoxy) is 1. The van der Waals surface area contributed by atoms with E-state index in [1.54, 1.807) is 0 Å². The molecule has 0 radical (unpaired) electrons. The Kier molecular flexibility index (Phi) is 6.58. The van der Waals surface area contributed by atoms with Gasteiger partial charge in [-0.15, -0.1) is 0 Å². The summed E-state index contributed by atoms with van der Waals surface area (Å²) >= 11 is 0. The van der Waals surface area contributed by atoms with Crippen molar-refractivity contribution in [2.24, 2.45) is 0 Å². The third-order valence-corrected chi connectivity index (χ3v) is 4.45. The average molecular weight is 489 g/mol. The number of aromatic nitrogens is 2. The molecule has 0 unspecified atom stereocenters. The van der Waals surface area contributed by atoms with E-state index in [0.29, 0.717) is 0 Å². The van der Waals surface area contributed by atoms with E-state index >= 15 is 0 Å². The van der Waals surface area contributed by atoms with Crippen molar-refractivity contribution >= 4 is 5.91 Å². The van der Waals surface area contributed by atoms with Gasteiger partial charge < -0.3 is 25.4 Å². The molecule has 2 rings (SSSR count). The Bertz CT molecular complexity index is 899. The summed E-state index contributed by atoms with van der Waals surface area (Å²) in [7, 11) is 0. The monoisotopic (exact) mass is 489 g/mol. The van der Waals surface area contributed by atoms with Gasteiger partial charge in [0.25, 0.3) is 5.54 Å². The lowest BCUT2D eigenvalue weighted by atomic mass is 9.90. The number of amides is 1. The zero-order valence-corrected chi connectivity index (χ0v) is 15.0. The Morgan fingerprint density at radius 1 is 1.06 bits per heavy atom. The molecule has 1 fully saturated rings. The zero-order valence-electron chi connectivity index (χ0n) is 15.0. The van der Waals surface area contributed by atoms with Gasteiger partial charge >= 0.3 is 30.1 Å². The van der Waals surface area contributed by atoms with E-state index in [9.17, 15) is 59.3 Å². The molecule has 18 heteroatoms. The Labute approximate surface area is 170 Å². The molecule has 4 N–H and O–H groups in total. The summed E-state index contributed by atoms with van der Waals surface area (Å²) in [5.41, 5.74) is -9.51. The molecule has 1 aromatic rings. The highest BCUT2D eigenvalue weighted by molar-refractivity contribution is 5.83. The predicted octanol–water partition coefficient (Wildman–Crippen LogP) is -0.147. The highest BCUT2D eigenvalue weighted by Gasteiger charge is 2.74. The van der Waals surface area contributed by atoms with Crippen LogP contribution < -0.4 is 11.0 Å². The molecule has 0 bridgehead atoms. The first-order valence-corrected chi connectivity index (χ1v) is 8.12. The zero-order chi connectivity index (χ0) is 24.9. The lowest BCUT2D eigenvalue weighted by Crippen LogP contribution is -2.66. The van der Waals surface area contributed by atoms with Gasteiger partial charge in [0.1, 0.15) is 18.3 Å². The summed E-state index contributed by atoms with van der Waals surface area (Å²) in [6, 6.07) is 0. The van der Waals surface area contributed by atoms with E-state index in [0.717, 1.165) is 0 Å². The van der Waals surface area contributed by atoms with E-state index in [1.165, 1.54) is 0 Å². The first-order valence-electron chi connectivity index (χ1n) is 8.12. The predicted molar refractivity (Wildman–Crippen MR) is 79.5 cm³/mol. The Hall–Kier alpha value is -2.44. The van der Waals surface area contributed by atoms with Gasteiger partial charge in [0.2, 0.25) is 0 Å². The smallest absolute Gasteiger partial charge is 0.394 e. The van der Waals surface area contributed by atoms with Crippen LogP contribution in [0.4, 0.5) is 39.5 Å². The number of nitrogens with zero attached hydrogens (tertiary/aromatic N) is 2. The van der Waals surface area contributed by atoms with Crippen LogP contribution in [0.15, 0.2) is 17.2 Å². The van der Waals surface area contributed by atoms with E-state index in [-0.39, 0.29) is 22.3 Å². The minimum atomic E-state index is -6.64. The summed E-state index contributed by atoms with van der Waals surface area (Å²) in [5, 5.41) is 28.4.